The van der Waals surface area contributed by atoms with E-state index in [4.69, 9.17) is 14.2 Å². The number of ether oxygens (including phenoxy) is 3. The Morgan fingerprint density at radius 3 is 0.859 bits per heavy atom. The van der Waals surface area contributed by atoms with E-state index in [9.17, 15) is 14.4 Å². The first-order chi connectivity index (χ1) is 35.0. The van der Waals surface area contributed by atoms with Crippen molar-refractivity contribution in [3.05, 3.63) is 109 Å². The summed E-state index contributed by atoms with van der Waals surface area (Å²) in [5, 5.41) is 0. The number of carbonyl (C=O) groups excluding carboxylic acids is 3. The fraction of sp³-hybridized carbons (Fsp3) is 0.677. The van der Waals surface area contributed by atoms with Crippen LogP contribution in [0.1, 0.15) is 265 Å². The van der Waals surface area contributed by atoms with Crippen molar-refractivity contribution >= 4 is 17.9 Å². The van der Waals surface area contributed by atoms with Gasteiger partial charge in [-0.2, -0.15) is 0 Å². The maximum absolute atomic E-state index is 12.9. The first-order valence-corrected chi connectivity index (χ1v) is 29.4. The minimum atomic E-state index is -0.806. The summed E-state index contributed by atoms with van der Waals surface area (Å²) in [5.41, 5.74) is 0. The lowest BCUT2D eigenvalue weighted by molar-refractivity contribution is -0.167. The van der Waals surface area contributed by atoms with Crippen LogP contribution in [0.15, 0.2) is 109 Å². The lowest BCUT2D eigenvalue weighted by atomic mass is 10.0. The first kappa shape index (κ1) is 67.1. The topological polar surface area (TPSA) is 78.9 Å². The first-order valence-electron chi connectivity index (χ1n) is 29.4. The van der Waals surface area contributed by atoms with E-state index >= 15 is 0 Å². The van der Waals surface area contributed by atoms with Gasteiger partial charge in [0.05, 0.1) is 0 Å². The largest absolute Gasteiger partial charge is 0.462 e. The predicted molar refractivity (Wildman–Crippen MR) is 307 cm³/mol. The van der Waals surface area contributed by atoms with Crippen molar-refractivity contribution in [3.8, 4) is 0 Å². The summed E-state index contributed by atoms with van der Waals surface area (Å²) in [4.78, 5) is 38.2. The Balaban J connectivity index is 4.49. The highest BCUT2D eigenvalue weighted by atomic mass is 16.6. The van der Waals surface area contributed by atoms with Gasteiger partial charge in [-0.15, -0.1) is 0 Å². The van der Waals surface area contributed by atoms with Crippen molar-refractivity contribution in [2.75, 3.05) is 13.2 Å². The number of rotatable bonds is 52. The lowest BCUT2D eigenvalue weighted by Gasteiger charge is -2.18. The zero-order chi connectivity index (χ0) is 51.4. The Hall–Kier alpha value is -3.93. The highest BCUT2D eigenvalue weighted by Crippen LogP contribution is 2.16. The fourth-order valence-corrected chi connectivity index (χ4v) is 7.93. The zero-order valence-corrected chi connectivity index (χ0v) is 46.2. The second-order valence-electron chi connectivity index (χ2n) is 19.1. The average Bonchev–Trinajstić information content (AvgIpc) is 3.37. The molecule has 0 saturated heterocycles. The van der Waals surface area contributed by atoms with Crippen molar-refractivity contribution in [3.63, 3.8) is 0 Å². The van der Waals surface area contributed by atoms with E-state index in [2.05, 4.69) is 130 Å². The molecule has 0 amide bonds. The van der Waals surface area contributed by atoms with E-state index in [1.807, 2.05) is 0 Å². The summed E-state index contributed by atoms with van der Waals surface area (Å²) in [6.07, 6.45) is 79.4. The maximum Gasteiger partial charge on any atom is 0.306 e. The molecular weight excluding hydrogens is 877 g/mol. The van der Waals surface area contributed by atoms with Crippen molar-refractivity contribution in [1.82, 2.24) is 0 Å². The summed E-state index contributed by atoms with van der Waals surface area (Å²) >= 11 is 0. The van der Waals surface area contributed by atoms with E-state index in [1.165, 1.54) is 96.3 Å². The predicted octanol–water partition coefficient (Wildman–Crippen LogP) is 19.9. The molecule has 0 fully saturated rings. The highest BCUT2D eigenvalue weighted by molar-refractivity contribution is 5.71. The Bertz CT molecular complexity index is 1460. The van der Waals surface area contributed by atoms with Gasteiger partial charge in [-0.1, -0.05) is 252 Å². The van der Waals surface area contributed by atoms with Gasteiger partial charge in [0.1, 0.15) is 13.2 Å². The Labute approximate surface area is 438 Å². The van der Waals surface area contributed by atoms with Crippen LogP contribution in [-0.4, -0.2) is 37.2 Å². The third-order valence-corrected chi connectivity index (χ3v) is 12.3. The minimum absolute atomic E-state index is 0.105. The molecule has 0 aliphatic carbocycles. The van der Waals surface area contributed by atoms with Crippen LogP contribution in [0.5, 0.6) is 0 Å². The van der Waals surface area contributed by atoms with Gasteiger partial charge in [-0.3, -0.25) is 14.4 Å². The molecule has 0 rings (SSSR count). The summed E-state index contributed by atoms with van der Waals surface area (Å²) in [6.45, 7) is 6.37. The number of esters is 3. The number of carbonyl (C=O) groups is 3. The van der Waals surface area contributed by atoms with E-state index < -0.39 is 6.10 Å². The van der Waals surface area contributed by atoms with Gasteiger partial charge in [0, 0.05) is 19.3 Å². The summed E-state index contributed by atoms with van der Waals surface area (Å²) in [5.74, 6) is -0.960. The Morgan fingerprint density at radius 1 is 0.296 bits per heavy atom. The standard InChI is InChI=1S/C65H108O6/c1-4-7-10-13-16-19-22-25-28-31-33-35-37-40-43-46-49-52-55-58-64(67)70-61-62(60-69-63(66)57-54-51-48-45-42-39-36-30-27-24-21-18-15-12-9-6-3)71-65(68)59-56-53-50-47-44-41-38-34-32-29-26-23-20-17-14-11-8-5-2/h7,9-10,12,16,18-19,21,25,27-28,30,33,35,39-40,42-43,62H,4-6,8,11,13-15,17,20,22-24,26,29,31-32,34,36-38,41,44-61H2,1-3H3/b10-7-,12-9-,19-16-,21-18-,28-25-,30-27-,35-33-,42-39-,43-40-. The molecule has 0 radical (unpaired) electrons. The molecule has 6 nitrogen and oxygen atoms in total. The second-order valence-corrected chi connectivity index (χ2v) is 19.1. The molecule has 0 N–H and O–H groups in total. The maximum atomic E-state index is 12.9. The SMILES string of the molecule is CC/C=C\C/C=C\C/C=C\C/C=C\C/C=C\CCCCCC(=O)OCC(COC(=O)CCCCC/C=C\C/C=C\C/C=C\C/C=C\CC)OC(=O)CCCCCCCCCCCCCCCCCCCC. The number of unbranched alkanes of at least 4 members (excludes halogenated alkanes) is 23. The van der Waals surface area contributed by atoms with Crippen molar-refractivity contribution in [2.45, 2.75) is 271 Å². The number of hydrogen-bond acceptors (Lipinski definition) is 6. The molecule has 0 saturated carbocycles. The highest BCUT2D eigenvalue weighted by Gasteiger charge is 2.19. The van der Waals surface area contributed by atoms with Crippen LogP contribution in [-0.2, 0) is 28.6 Å². The summed E-state index contributed by atoms with van der Waals surface area (Å²) in [7, 11) is 0. The molecule has 0 aromatic heterocycles. The molecule has 0 aromatic carbocycles. The molecule has 0 aliphatic rings. The molecule has 0 aliphatic heterocycles. The van der Waals surface area contributed by atoms with Crippen LogP contribution in [0, 0.1) is 0 Å². The van der Waals surface area contributed by atoms with Gasteiger partial charge in [-0.05, 0) is 103 Å². The fourth-order valence-electron chi connectivity index (χ4n) is 7.93. The van der Waals surface area contributed by atoms with Crippen LogP contribution in [0.25, 0.3) is 0 Å². The van der Waals surface area contributed by atoms with E-state index in [0.29, 0.717) is 19.3 Å². The molecule has 404 valence electrons. The van der Waals surface area contributed by atoms with Crippen molar-refractivity contribution in [2.24, 2.45) is 0 Å². The van der Waals surface area contributed by atoms with Gasteiger partial charge < -0.3 is 14.2 Å². The van der Waals surface area contributed by atoms with Crippen LogP contribution < -0.4 is 0 Å². The molecule has 71 heavy (non-hydrogen) atoms. The molecule has 0 aromatic rings. The number of allylic oxidation sites excluding steroid dienone is 18. The smallest absolute Gasteiger partial charge is 0.306 e. The van der Waals surface area contributed by atoms with Crippen LogP contribution >= 0.6 is 0 Å². The normalized spacial score (nSPS) is 12.9. The molecule has 6 heteroatoms. The quantitative estimate of drug-likeness (QED) is 0.0261. The molecule has 0 spiro atoms. The summed E-state index contributed by atoms with van der Waals surface area (Å²) in [6, 6.07) is 0. The molecular formula is C65H108O6. The molecule has 0 heterocycles. The van der Waals surface area contributed by atoms with Gasteiger partial charge in [-0.25, -0.2) is 0 Å². The molecule has 1 atom stereocenters. The second kappa shape index (κ2) is 58.6. The van der Waals surface area contributed by atoms with E-state index in [0.717, 1.165) is 128 Å². The Morgan fingerprint density at radius 2 is 0.549 bits per heavy atom. The van der Waals surface area contributed by atoms with Crippen LogP contribution in [0.2, 0.25) is 0 Å². The number of hydrogen-bond donors (Lipinski definition) is 0. The zero-order valence-electron chi connectivity index (χ0n) is 46.2. The third-order valence-electron chi connectivity index (χ3n) is 12.3. The van der Waals surface area contributed by atoms with Gasteiger partial charge in [0.2, 0.25) is 0 Å². The minimum Gasteiger partial charge on any atom is -0.462 e. The Kier molecular flexibility index (Phi) is 55.4. The van der Waals surface area contributed by atoms with Crippen LogP contribution in [0.3, 0.4) is 0 Å². The van der Waals surface area contributed by atoms with Crippen molar-refractivity contribution < 1.29 is 28.6 Å². The average molecular weight is 986 g/mol. The van der Waals surface area contributed by atoms with Gasteiger partial charge in [0.25, 0.3) is 0 Å². The van der Waals surface area contributed by atoms with Crippen molar-refractivity contribution in [1.29, 1.82) is 0 Å². The van der Waals surface area contributed by atoms with Crippen LogP contribution in [0.4, 0.5) is 0 Å². The van der Waals surface area contributed by atoms with E-state index in [-0.39, 0.29) is 31.1 Å². The lowest BCUT2D eigenvalue weighted by Crippen LogP contribution is -2.30. The van der Waals surface area contributed by atoms with E-state index in [1.54, 1.807) is 0 Å². The van der Waals surface area contributed by atoms with Gasteiger partial charge >= 0.3 is 17.9 Å². The third kappa shape index (κ3) is 56.9. The van der Waals surface area contributed by atoms with Gasteiger partial charge in [0.15, 0.2) is 6.10 Å². The molecule has 1 unspecified atom stereocenters. The summed E-state index contributed by atoms with van der Waals surface area (Å²) < 4.78 is 16.8. The monoisotopic (exact) mass is 985 g/mol. The molecule has 0 bridgehead atoms.